The Morgan fingerprint density at radius 1 is 1.21 bits per heavy atom. The summed E-state index contributed by atoms with van der Waals surface area (Å²) in [5, 5.41) is 7.36. The highest BCUT2D eigenvalue weighted by atomic mass is 35.5. The van der Waals surface area contributed by atoms with Gasteiger partial charge in [-0.05, 0) is 67.4 Å². The van der Waals surface area contributed by atoms with Gasteiger partial charge in [0.25, 0.3) is 0 Å². The molecule has 34 heavy (non-hydrogen) atoms. The van der Waals surface area contributed by atoms with Gasteiger partial charge in [-0.1, -0.05) is 30.3 Å². The Balaban J connectivity index is 0.00000324. The van der Waals surface area contributed by atoms with Gasteiger partial charge in [-0.25, -0.2) is 4.39 Å². The van der Waals surface area contributed by atoms with Gasteiger partial charge >= 0.3 is 0 Å². The number of para-hydroxylation sites is 1. The van der Waals surface area contributed by atoms with E-state index in [4.69, 9.17) is 4.74 Å². The molecule has 180 valence electrons. The van der Waals surface area contributed by atoms with Crippen molar-refractivity contribution in [2.24, 2.45) is 0 Å². The van der Waals surface area contributed by atoms with Gasteiger partial charge in [0.05, 0.1) is 19.7 Å². The van der Waals surface area contributed by atoms with Gasteiger partial charge < -0.3 is 20.3 Å². The molecule has 3 aromatic carbocycles. The third-order valence-corrected chi connectivity index (χ3v) is 6.28. The van der Waals surface area contributed by atoms with Crippen LogP contribution in [0.3, 0.4) is 0 Å². The van der Waals surface area contributed by atoms with E-state index in [1.54, 1.807) is 44.2 Å². The number of ether oxygens (including phenoxy) is 1. The molecule has 0 fully saturated rings. The summed E-state index contributed by atoms with van der Waals surface area (Å²) in [6.45, 7) is 1.99. The lowest BCUT2D eigenvalue weighted by Gasteiger charge is -2.28. The summed E-state index contributed by atoms with van der Waals surface area (Å²) >= 11 is 0. The highest BCUT2D eigenvalue weighted by Gasteiger charge is 2.32. The number of benzene rings is 3. The Morgan fingerprint density at radius 3 is 2.71 bits per heavy atom. The van der Waals surface area contributed by atoms with Crippen LogP contribution in [0, 0.1) is 5.82 Å². The van der Waals surface area contributed by atoms with E-state index in [-0.39, 0.29) is 36.6 Å². The van der Waals surface area contributed by atoms with Gasteiger partial charge in [-0.3, -0.25) is 9.59 Å². The first kappa shape index (κ1) is 25.5. The zero-order chi connectivity index (χ0) is 23.5. The van der Waals surface area contributed by atoms with Gasteiger partial charge in [0.15, 0.2) is 0 Å². The Kier molecular flexibility index (Phi) is 8.12. The number of carbonyl (C=O) groups is 2. The fourth-order valence-corrected chi connectivity index (χ4v) is 4.30. The van der Waals surface area contributed by atoms with Crippen molar-refractivity contribution in [1.82, 2.24) is 10.6 Å². The maximum Gasteiger partial charge on any atom is 0.249 e. The molecule has 0 saturated heterocycles. The molecule has 3 aromatic rings. The van der Waals surface area contributed by atoms with Crippen LogP contribution < -0.4 is 20.3 Å². The second-order valence-corrected chi connectivity index (χ2v) is 8.28. The van der Waals surface area contributed by atoms with Gasteiger partial charge in [0, 0.05) is 11.3 Å². The fourth-order valence-electron chi connectivity index (χ4n) is 4.30. The molecule has 0 aliphatic carbocycles. The van der Waals surface area contributed by atoms with Gasteiger partial charge in [-0.2, -0.15) is 0 Å². The second kappa shape index (κ2) is 10.8. The molecule has 0 aromatic heterocycles. The molecule has 0 unspecified atom stereocenters. The predicted molar refractivity (Wildman–Crippen MR) is 134 cm³/mol. The number of hydrogen-bond donors (Lipinski definition) is 2. The summed E-state index contributed by atoms with van der Waals surface area (Å²) in [6, 6.07) is 14.9. The van der Waals surface area contributed by atoms with Crippen LogP contribution in [-0.4, -0.2) is 38.1 Å². The normalized spacial score (nSPS) is 16.3. The van der Waals surface area contributed by atoms with E-state index in [9.17, 15) is 14.0 Å². The van der Waals surface area contributed by atoms with Crippen molar-refractivity contribution in [1.29, 1.82) is 0 Å². The lowest BCUT2D eigenvalue weighted by molar-refractivity contribution is -0.128. The molecular weight excluding hydrogens is 457 g/mol. The Hall–Kier alpha value is -3.16. The van der Waals surface area contributed by atoms with Crippen LogP contribution in [-0.2, 0) is 22.6 Å². The minimum absolute atomic E-state index is 0. The van der Waals surface area contributed by atoms with E-state index in [1.165, 1.54) is 12.1 Å². The summed E-state index contributed by atoms with van der Waals surface area (Å²) in [6.07, 6.45) is 1.17. The number of amides is 2. The molecule has 1 aliphatic rings. The summed E-state index contributed by atoms with van der Waals surface area (Å²) in [5.74, 6) is -0.109. The quantitative estimate of drug-likeness (QED) is 0.554. The maximum atomic E-state index is 13.8. The van der Waals surface area contributed by atoms with E-state index in [0.717, 1.165) is 27.6 Å². The van der Waals surface area contributed by atoms with E-state index >= 15 is 0 Å². The molecule has 0 radical (unpaired) electrons. The zero-order valence-electron chi connectivity index (χ0n) is 19.4. The van der Waals surface area contributed by atoms with Crippen molar-refractivity contribution in [3.05, 3.63) is 71.5 Å². The summed E-state index contributed by atoms with van der Waals surface area (Å²) in [7, 11) is 3.28. The molecule has 8 heteroatoms. The monoisotopic (exact) mass is 485 g/mol. The summed E-state index contributed by atoms with van der Waals surface area (Å²) in [5.41, 5.74) is 2.63. The standard InChI is InChI=1S/C26H28FN3O3.ClH/c1-16(28-2)25(31)29-22-12-8-17-6-4-5-7-23(17)30(26(22)32)15-21-20-11-10-19(27)14-18(20)9-13-24(21)33-3;/h4-7,9-11,13-14,16,22,28H,8,12,15H2,1-3H3,(H,29,31);1H/t16-,22-;/m0./s1. The number of halogens is 2. The molecule has 1 aliphatic heterocycles. The third kappa shape index (κ3) is 5.00. The van der Waals surface area contributed by atoms with Crippen molar-refractivity contribution in [3.63, 3.8) is 0 Å². The van der Waals surface area contributed by atoms with Crippen molar-refractivity contribution >= 4 is 40.7 Å². The van der Waals surface area contributed by atoms with E-state index in [1.807, 2.05) is 24.3 Å². The molecule has 1 heterocycles. The number of rotatable bonds is 6. The molecular formula is C26H29ClFN3O3. The van der Waals surface area contributed by atoms with Crippen LogP contribution in [0.4, 0.5) is 10.1 Å². The Labute approximate surface area is 204 Å². The SMILES string of the molecule is CN[C@@H](C)C(=O)N[C@H]1CCc2ccccc2N(Cc2c(OC)ccc3cc(F)ccc23)C1=O.Cl. The van der Waals surface area contributed by atoms with Crippen LogP contribution in [0.2, 0.25) is 0 Å². The third-order valence-electron chi connectivity index (χ3n) is 6.28. The minimum atomic E-state index is -0.654. The lowest BCUT2D eigenvalue weighted by atomic mass is 10.0. The number of hydrogen-bond acceptors (Lipinski definition) is 4. The van der Waals surface area contributed by atoms with Crippen molar-refractivity contribution < 1.29 is 18.7 Å². The first-order valence-electron chi connectivity index (χ1n) is 11.0. The molecule has 0 bridgehead atoms. The predicted octanol–water partition coefficient (Wildman–Crippen LogP) is 3.98. The Bertz CT molecular complexity index is 1200. The molecule has 4 rings (SSSR count). The number of methoxy groups -OCH3 is 1. The van der Waals surface area contributed by atoms with Gasteiger partial charge in [0.1, 0.15) is 17.6 Å². The Morgan fingerprint density at radius 2 is 1.97 bits per heavy atom. The minimum Gasteiger partial charge on any atom is -0.496 e. The zero-order valence-corrected chi connectivity index (χ0v) is 20.2. The fraction of sp³-hybridized carbons (Fsp3) is 0.308. The van der Waals surface area contributed by atoms with Crippen LogP contribution >= 0.6 is 12.4 Å². The largest absolute Gasteiger partial charge is 0.496 e. The molecule has 0 saturated carbocycles. The van der Waals surface area contributed by atoms with Crippen molar-refractivity contribution in [2.75, 3.05) is 19.1 Å². The molecule has 2 N–H and O–H groups in total. The highest BCUT2D eigenvalue weighted by Crippen LogP contribution is 2.34. The van der Waals surface area contributed by atoms with Crippen LogP contribution in [0.15, 0.2) is 54.6 Å². The molecule has 6 nitrogen and oxygen atoms in total. The average molecular weight is 486 g/mol. The van der Waals surface area contributed by atoms with E-state index < -0.39 is 12.1 Å². The molecule has 2 amide bonds. The number of aryl methyl sites for hydroxylation is 1. The maximum absolute atomic E-state index is 13.8. The smallest absolute Gasteiger partial charge is 0.249 e. The van der Waals surface area contributed by atoms with Gasteiger partial charge in [-0.15, -0.1) is 12.4 Å². The number of carbonyl (C=O) groups excluding carboxylic acids is 2. The first-order valence-corrected chi connectivity index (χ1v) is 11.0. The number of likely N-dealkylation sites (N-methyl/N-ethyl adjacent to an activating group) is 1. The van der Waals surface area contributed by atoms with Crippen molar-refractivity contribution in [2.45, 2.75) is 38.4 Å². The first-order chi connectivity index (χ1) is 15.9. The van der Waals surface area contributed by atoms with E-state index in [2.05, 4.69) is 10.6 Å². The number of anilines is 1. The van der Waals surface area contributed by atoms with Crippen molar-refractivity contribution in [3.8, 4) is 5.75 Å². The summed E-state index contributed by atoms with van der Waals surface area (Å²) in [4.78, 5) is 28.0. The summed E-state index contributed by atoms with van der Waals surface area (Å²) < 4.78 is 19.5. The average Bonchev–Trinajstić information content (AvgIpc) is 2.95. The van der Waals surface area contributed by atoms with Gasteiger partial charge in [0.2, 0.25) is 11.8 Å². The van der Waals surface area contributed by atoms with E-state index in [0.29, 0.717) is 18.6 Å². The number of fused-ring (bicyclic) bond motifs is 2. The van der Waals surface area contributed by atoms with Crippen LogP contribution in [0.25, 0.3) is 10.8 Å². The second-order valence-electron chi connectivity index (χ2n) is 8.28. The van der Waals surface area contributed by atoms with Crippen LogP contribution in [0.1, 0.15) is 24.5 Å². The topological polar surface area (TPSA) is 70.7 Å². The highest BCUT2D eigenvalue weighted by molar-refractivity contribution is 6.01. The lowest BCUT2D eigenvalue weighted by Crippen LogP contribution is -2.52. The number of nitrogens with zero attached hydrogens (tertiary/aromatic N) is 1. The molecule has 2 atom stereocenters. The molecule has 0 spiro atoms. The number of nitrogens with one attached hydrogen (secondary N) is 2. The van der Waals surface area contributed by atoms with Crippen LogP contribution in [0.5, 0.6) is 5.75 Å².